The van der Waals surface area contributed by atoms with Gasteiger partial charge in [0.2, 0.25) is 0 Å². The van der Waals surface area contributed by atoms with E-state index in [4.69, 9.17) is 9.47 Å². The van der Waals surface area contributed by atoms with Crippen LogP contribution in [0, 0.1) is 46.3 Å². The van der Waals surface area contributed by atoms with E-state index in [1.165, 1.54) is 31.8 Å². The third-order valence-electron chi connectivity index (χ3n) is 11.7. The minimum Gasteiger partial charge on any atom is -0.465 e. The monoisotopic (exact) mass is 488 g/mol. The Labute approximate surface area is 212 Å². The van der Waals surface area contributed by atoms with Gasteiger partial charge in [-0.15, -0.1) is 0 Å². The molecule has 5 rings (SSSR count). The Morgan fingerprint density at radius 3 is 2.60 bits per heavy atom. The van der Waals surface area contributed by atoms with Crippen LogP contribution in [0.15, 0.2) is 12.2 Å². The van der Waals surface area contributed by atoms with Crippen molar-refractivity contribution in [2.24, 2.45) is 46.3 Å². The maximum Gasteiger partial charge on any atom is 0.302 e. The van der Waals surface area contributed by atoms with E-state index in [9.17, 15) is 15.0 Å². The molecule has 1 spiro atoms. The summed E-state index contributed by atoms with van der Waals surface area (Å²) >= 11 is 0. The van der Waals surface area contributed by atoms with Crippen LogP contribution >= 0.6 is 0 Å². The maximum atomic E-state index is 11.9. The van der Waals surface area contributed by atoms with Crippen molar-refractivity contribution in [3.05, 3.63) is 12.2 Å². The highest BCUT2D eigenvalue weighted by molar-refractivity contribution is 5.66. The van der Waals surface area contributed by atoms with Gasteiger partial charge in [0.25, 0.3) is 0 Å². The minimum atomic E-state index is -0.432. The van der Waals surface area contributed by atoms with E-state index in [1.54, 1.807) is 0 Å². The van der Waals surface area contributed by atoms with E-state index < -0.39 is 11.7 Å². The van der Waals surface area contributed by atoms with Gasteiger partial charge in [-0.2, -0.15) is 0 Å². The summed E-state index contributed by atoms with van der Waals surface area (Å²) in [6.45, 7) is 15.4. The average Bonchev–Trinajstić information content (AvgIpc) is 3.36. The first kappa shape index (κ1) is 25.7. The average molecular weight is 489 g/mol. The number of epoxide rings is 1. The highest BCUT2D eigenvalue weighted by Gasteiger charge is 2.79. The first-order valence-corrected chi connectivity index (χ1v) is 14.3. The van der Waals surface area contributed by atoms with Gasteiger partial charge in [-0.25, -0.2) is 0 Å². The van der Waals surface area contributed by atoms with Crippen LogP contribution in [0.4, 0.5) is 0 Å². The van der Waals surface area contributed by atoms with Crippen LogP contribution < -0.4 is 0 Å². The molecule has 0 aromatic heterocycles. The van der Waals surface area contributed by atoms with Gasteiger partial charge in [0.1, 0.15) is 12.2 Å². The second kappa shape index (κ2) is 8.84. The minimum absolute atomic E-state index is 0.0703. The van der Waals surface area contributed by atoms with Crippen molar-refractivity contribution >= 4 is 5.97 Å². The van der Waals surface area contributed by atoms with Gasteiger partial charge in [-0.3, -0.25) is 4.79 Å². The molecule has 5 nitrogen and oxygen atoms in total. The van der Waals surface area contributed by atoms with Gasteiger partial charge in [0.05, 0.1) is 18.3 Å². The summed E-state index contributed by atoms with van der Waals surface area (Å²) < 4.78 is 12.2. The maximum absolute atomic E-state index is 11.9. The highest BCUT2D eigenvalue weighted by Crippen LogP contribution is 2.74. The van der Waals surface area contributed by atoms with E-state index in [0.29, 0.717) is 49.0 Å². The number of carbonyl (C=O) groups excluding carboxylic acids is 1. The number of esters is 1. The van der Waals surface area contributed by atoms with Crippen molar-refractivity contribution in [1.29, 1.82) is 0 Å². The normalized spacial score (nSPS) is 48.9. The molecule has 1 heterocycles. The fraction of sp³-hybridized carbons (Fsp3) is 0.900. The quantitative estimate of drug-likeness (QED) is 0.290. The third-order valence-corrected chi connectivity index (χ3v) is 11.7. The van der Waals surface area contributed by atoms with Gasteiger partial charge >= 0.3 is 5.97 Å². The molecule has 1 aliphatic heterocycles. The van der Waals surface area contributed by atoms with Crippen LogP contribution in [0.25, 0.3) is 0 Å². The SMILES string of the molecule is C=C(CCC(C)C1CCC2C3CC4OC45CC(O)CCC5(COC(C)=O)C3C(O)CC12C)C(C)C. The van der Waals surface area contributed by atoms with Gasteiger partial charge in [-0.1, -0.05) is 39.8 Å². The van der Waals surface area contributed by atoms with Crippen molar-refractivity contribution in [3.8, 4) is 0 Å². The van der Waals surface area contributed by atoms with Crippen molar-refractivity contribution < 1.29 is 24.5 Å². The summed E-state index contributed by atoms with van der Waals surface area (Å²) in [7, 11) is 0. The lowest BCUT2D eigenvalue weighted by molar-refractivity contribution is -0.197. The lowest BCUT2D eigenvalue weighted by Crippen LogP contribution is -2.65. The number of hydrogen-bond acceptors (Lipinski definition) is 5. The van der Waals surface area contributed by atoms with Gasteiger partial charge in [0.15, 0.2) is 0 Å². The molecule has 2 N–H and O–H groups in total. The zero-order valence-electron chi connectivity index (χ0n) is 22.6. The van der Waals surface area contributed by atoms with Crippen molar-refractivity contribution in [1.82, 2.24) is 0 Å². The molecule has 198 valence electrons. The fourth-order valence-corrected chi connectivity index (χ4v) is 9.92. The van der Waals surface area contributed by atoms with Crippen LogP contribution in [-0.2, 0) is 14.3 Å². The summed E-state index contributed by atoms with van der Waals surface area (Å²) in [5, 5.41) is 22.5. The van der Waals surface area contributed by atoms with Crippen LogP contribution in [0.3, 0.4) is 0 Å². The predicted molar refractivity (Wildman–Crippen MR) is 135 cm³/mol. The van der Waals surface area contributed by atoms with Crippen LogP contribution in [0.5, 0.6) is 0 Å². The first-order valence-electron chi connectivity index (χ1n) is 14.3. The van der Waals surface area contributed by atoms with Gasteiger partial charge in [0, 0.05) is 18.8 Å². The lowest BCUT2D eigenvalue weighted by atomic mass is 9.43. The number of fused-ring (bicyclic) bond motifs is 4. The Morgan fingerprint density at radius 1 is 1.17 bits per heavy atom. The molecular weight excluding hydrogens is 440 g/mol. The standard InChI is InChI=1S/C30H48O5/c1-17(2)18(3)7-8-19(4)23-9-10-24-22-13-26-30(35-26)14-21(32)11-12-29(30,16-34-20(5)31)27(22)25(33)15-28(23,24)6/h17,19,21-27,32-33H,3,7-16H2,1-2,4-6H3. The smallest absolute Gasteiger partial charge is 0.302 e. The number of hydrogen-bond donors (Lipinski definition) is 2. The van der Waals surface area contributed by atoms with Gasteiger partial charge < -0.3 is 19.7 Å². The van der Waals surface area contributed by atoms with E-state index in [-0.39, 0.29) is 34.9 Å². The van der Waals surface area contributed by atoms with Crippen molar-refractivity contribution in [3.63, 3.8) is 0 Å². The molecule has 0 bridgehead atoms. The topological polar surface area (TPSA) is 79.3 Å². The Morgan fingerprint density at radius 2 is 1.91 bits per heavy atom. The molecule has 0 aromatic rings. The van der Waals surface area contributed by atoms with Crippen LogP contribution in [0.1, 0.15) is 92.4 Å². The molecule has 0 radical (unpaired) electrons. The summed E-state index contributed by atoms with van der Waals surface area (Å²) in [6.07, 6.45) is 7.91. The number of ether oxygens (including phenoxy) is 2. The summed E-state index contributed by atoms with van der Waals surface area (Å²) in [4.78, 5) is 11.9. The molecule has 0 aromatic carbocycles. The third kappa shape index (κ3) is 3.85. The van der Waals surface area contributed by atoms with E-state index >= 15 is 0 Å². The fourth-order valence-electron chi connectivity index (χ4n) is 9.92. The molecule has 11 unspecified atom stereocenters. The van der Waals surface area contributed by atoms with Gasteiger partial charge in [-0.05, 0) is 92.3 Å². The van der Waals surface area contributed by atoms with Crippen molar-refractivity contribution in [2.45, 2.75) is 116 Å². The first-order chi connectivity index (χ1) is 16.4. The largest absolute Gasteiger partial charge is 0.465 e. The molecule has 35 heavy (non-hydrogen) atoms. The Kier molecular flexibility index (Phi) is 6.50. The molecule has 11 atom stereocenters. The zero-order valence-corrected chi connectivity index (χ0v) is 22.6. The second-order valence-electron chi connectivity index (χ2n) is 13.7. The Bertz CT molecular complexity index is 854. The number of aliphatic hydroxyl groups excluding tert-OH is 2. The van der Waals surface area contributed by atoms with Crippen LogP contribution in [-0.4, -0.2) is 46.7 Å². The molecule has 5 heteroatoms. The number of rotatable bonds is 7. The predicted octanol–water partition coefficient (Wildman–Crippen LogP) is 5.28. The van der Waals surface area contributed by atoms with E-state index in [0.717, 1.165) is 25.7 Å². The highest BCUT2D eigenvalue weighted by atomic mass is 16.6. The van der Waals surface area contributed by atoms with E-state index in [2.05, 4.69) is 34.3 Å². The zero-order chi connectivity index (χ0) is 25.3. The molecular formula is C30H48O5. The van der Waals surface area contributed by atoms with Crippen LogP contribution in [0.2, 0.25) is 0 Å². The molecule has 5 fully saturated rings. The molecule has 0 amide bonds. The second-order valence-corrected chi connectivity index (χ2v) is 13.7. The Balaban J connectivity index is 1.41. The Hall–Kier alpha value is -0.910. The summed E-state index contributed by atoms with van der Waals surface area (Å²) in [5.74, 6) is 2.53. The van der Waals surface area contributed by atoms with E-state index in [1.807, 2.05) is 0 Å². The number of carbonyl (C=O) groups is 1. The molecule has 4 aliphatic carbocycles. The molecule has 1 saturated heterocycles. The number of aliphatic hydroxyl groups is 2. The molecule has 5 aliphatic rings. The number of allylic oxidation sites excluding steroid dienone is 1. The summed E-state index contributed by atoms with van der Waals surface area (Å²) in [6, 6.07) is 0. The molecule has 4 saturated carbocycles. The summed E-state index contributed by atoms with van der Waals surface area (Å²) in [5.41, 5.74) is 0.663. The van der Waals surface area contributed by atoms with Crippen molar-refractivity contribution in [2.75, 3.05) is 6.61 Å². The lowest BCUT2D eigenvalue weighted by Gasteiger charge is -2.61.